The van der Waals surface area contributed by atoms with Crippen LogP contribution in [-0.2, 0) is 16.0 Å². The summed E-state index contributed by atoms with van der Waals surface area (Å²) in [6.07, 6.45) is 3.31. The summed E-state index contributed by atoms with van der Waals surface area (Å²) in [5, 5.41) is 3.16. The number of ether oxygens (including phenoxy) is 2. The van der Waals surface area contributed by atoms with Crippen molar-refractivity contribution in [2.24, 2.45) is 0 Å². The third-order valence-electron chi connectivity index (χ3n) is 4.19. The molecule has 8 nitrogen and oxygen atoms in total. The van der Waals surface area contributed by atoms with Gasteiger partial charge in [-0.1, -0.05) is 0 Å². The van der Waals surface area contributed by atoms with Crippen molar-refractivity contribution in [1.29, 1.82) is 0 Å². The number of aromatic nitrogens is 2. The maximum absolute atomic E-state index is 12.0. The summed E-state index contributed by atoms with van der Waals surface area (Å²) >= 11 is 0. The second-order valence-corrected chi connectivity index (χ2v) is 5.52. The number of rotatable bonds is 5. The van der Waals surface area contributed by atoms with Crippen molar-refractivity contribution in [2.75, 3.05) is 24.8 Å². The molecule has 0 saturated carbocycles. The summed E-state index contributed by atoms with van der Waals surface area (Å²) in [5.74, 6) is 0.142. The summed E-state index contributed by atoms with van der Waals surface area (Å²) in [7, 11) is 1.54. The fourth-order valence-corrected chi connectivity index (χ4v) is 3.11. The van der Waals surface area contributed by atoms with E-state index < -0.39 is 11.2 Å². The highest BCUT2D eigenvalue weighted by Gasteiger charge is 2.41. The monoisotopic (exact) mass is 296 g/mol. The molecule has 116 valence electrons. The molecule has 0 radical (unpaired) electrons. The molecule has 2 aliphatic rings. The van der Waals surface area contributed by atoms with E-state index in [4.69, 9.17) is 15.2 Å². The Labute approximate surface area is 121 Å². The van der Waals surface area contributed by atoms with Crippen LogP contribution in [0.2, 0.25) is 0 Å². The molecule has 2 fully saturated rings. The molecule has 2 aliphatic heterocycles. The molecule has 0 amide bonds. The number of H-pyrrole nitrogens is 1. The van der Waals surface area contributed by atoms with Crippen LogP contribution in [0.15, 0.2) is 9.59 Å². The van der Waals surface area contributed by atoms with Gasteiger partial charge in [0, 0.05) is 7.11 Å². The lowest BCUT2D eigenvalue weighted by molar-refractivity contribution is 0.102. The largest absolute Gasteiger partial charge is 0.383 e. The topological polar surface area (TPSA) is 111 Å². The highest BCUT2D eigenvalue weighted by molar-refractivity contribution is 5.61. The van der Waals surface area contributed by atoms with Gasteiger partial charge in [0.25, 0.3) is 5.56 Å². The van der Waals surface area contributed by atoms with Crippen LogP contribution in [-0.4, -0.2) is 41.5 Å². The van der Waals surface area contributed by atoms with Crippen LogP contribution in [0.4, 0.5) is 11.5 Å². The van der Waals surface area contributed by atoms with Crippen LogP contribution in [0.5, 0.6) is 0 Å². The Hall–Kier alpha value is -1.80. The second-order valence-electron chi connectivity index (χ2n) is 5.52. The summed E-state index contributed by atoms with van der Waals surface area (Å²) < 4.78 is 12.0. The van der Waals surface area contributed by atoms with Gasteiger partial charge in [0.2, 0.25) is 0 Å². The van der Waals surface area contributed by atoms with Gasteiger partial charge >= 0.3 is 5.69 Å². The maximum Gasteiger partial charge on any atom is 0.330 e. The van der Waals surface area contributed by atoms with E-state index in [0.717, 1.165) is 19.3 Å². The fraction of sp³-hybridized carbons (Fsp3) is 0.692. The maximum atomic E-state index is 12.0. The Kier molecular flexibility index (Phi) is 3.73. The number of anilines is 2. The number of nitrogens with zero attached hydrogens (tertiary/aromatic N) is 1. The van der Waals surface area contributed by atoms with Gasteiger partial charge in [0.05, 0.1) is 31.4 Å². The van der Waals surface area contributed by atoms with Crippen LogP contribution >= 0.6 is 0 Å². The molecule has 4 N–H and O–H groups in total. The number of nitrogen functional groups attached to an aromatic ring is 1. The summed E-state index contributed by atoms with van der Waals surface area (Å²) in [5.41, 5.74) is 5.21. The Morgan fingerprint density at radius 3 is 2.90 bits per heavy atom. The van der Waals surface area contributed by atoms with Gasteiger partial charge in [-0.3, -0.25) is 14.3 Å². The molecule has 3 unspecified atom stereocenters. The molecule has 0 spiro atoms. The fourth-order valence-electron chi connectivity index (χ4n) is 3.11. The second kappa shape index (κ2) is 5.53. The van der Waals surface area contributed by atoms with Crippen LogP contribution in [0.1, 0.15) is 19.3 Å². The van der Waals surface area contributed by atoms with E-state index in [1.807, 2.05) is 0 Å². The Morgan fingerprint density at radius 1 is 1.48 bits per heavy atom. The number of fused-ring (bicyclic) bond motifs is 2. The quantitative estimate of drug-likeness (QED) is 0.675. The minimum atomic E-state index is -0.524. The van der Waals surface area contributed by atoms with E-state index in [1.54, 1.807) is 7.11 Å². The van der Waals surface area contributed by atoms with Gasteiger partial charge in [0.15, 0.2) is 0 Å². The molecule has 0 aromatic carbocycles. The predicted octanol–water partition coefficient (Wildman–Crippen LogP) is -0.503. The number of hydrogen-bond acceptors (Lipinski definition) is 6. The number of aromatic amines is 1. The van der Waals surface area contributed by atoms with Crippen molar-refractivity contribution in [2.45, 2.75) is 44.1 Å². The number of hydrogen-bond donors (Lipinski definition) is 3. The van der Waals surface area contributed by atoms with E-state index in [2.05, 4.69) is 10.3 Å². The first-order valence-electron chi connectivity index (χ1n) is 7.13. The van der Waals surface area contributed by atoms with Gasteiger partial charge in [-0.25, -0.2) is 4.79 Å². The predicted molar refractivity (Wildman–Crippen MR) is 77.5 cm³/mol. The lowest BCUT2D eigenvalue weighted by Gasteiger charge is -2.22. The molecule has 3 atom stereocenters. The van der Waals surface area contributed by atoms with E-state index in [9.17, 15) is 9.59 Å². The zero-order valence-electron chi connectivity index (χ0n) is 11.9. The van der Waals surface area contributed by atoms with E-state index >= 15 is 0 Å². The molecule has 3 heterocycles. The van der Waals surface area contributed by atoms with E-state index in [-0.39, 0.29) is 29.8 Å². The first-order valence-corrected chi connectivity index (χ1v) is 7.13. The Morgan fingerprint density at radius 2 is 2.29 bits per heavy atom. The van der Waals surface area contributed by atoms with Gasteiger partial charge in [-0.2, -0.15) is 0 Å². The third-order valence-corrected chi connectivity index (χ3v) is 4.19. The van der Waals surface area contributed by atoms with Crippen LogP contribution in [0, 0.1) is 0 Å². The highest BCUT2D eigenvalue weighted by Crippen LogP contribution is 2.36. The summed E-state index contributed by atoms with van der Waals surface area (Å²) in [6.45, 7) is 0.632. The number of nitrogens with two attached hydrogens (primary N) is 1. The normalized spacial score (nSPS) is 27.2. The van der Waals surface area contributed by atoms with Gasteiger partial charge in [-0.05, 0) is 19.3 Å². The molecule has 1 aromatic rings. The molecule has 2 bridgehead atoms. The summed E-state index contributed by atoms with van der Waals surface area (Å²) in [4.78, 5) is 26.1. The van der Waals surface area contributed by atoms with Crippen molar-refractivity contribution in [1.82, 2.24) is 9.55 Å². The Bertz CT molecular complexity index is 638. The SMILES string of the molecule is COCCn1c(N)c(NC2CC3CCC2O3)c(=O)[nH]c1=O. The molecule has 0 aliphatic carbocycles. The van der Waals surface area contributed by atoms with Crippen molar-refractivity contribution < 1.29 is 9.47 Å². The van der Waals surface area contributed by atoms with E-state index in [0.29, 0.717) is 13.2 Å². The molecule has 8 heteroatoms. The minimum absolute atomic E-state index is 0.0699. The first-order chi connectivity index (χ1) is 10.1. The van der Waals surface area contributed by atoms with Crippen LogP contribution < -0.4 is 22.3 Å². The van der Waals surface area contributed by atoms with Gasteiger partial charge in [0.1, 0.15) is 11.5 Å². The van der Waals surface area contributed by atoms with Crippen LogP contribution in [0.25, 0.3) is 0 Å². The average molecular weight is 296 g/mol. The molecular weight excluding hydrogens is 276 g/mol. The third kappa shape index (κ3) is 2.56. The number of nitrogens with one attached hydrogen (secondary N) is 2. The Balaban J connectivity index is 1.87. The van der Waals surface area contributed by atoms with Crippen molar-refractivity contribution in [3.8, 4) is 0 Å². The smallest absolute Gasteiger partial charge is 0.330 e. The van der Waals surface area contributed by atoms with Gasteiger partial charge < -0.3 is 20.5 Å². The molecule has 3 rings (SSSR count). The lowest BCUT2D eigenvalue weighted by Crippen LogP contribution is -2.38. The molecular formula is C13H20N4O4. The average Bonchev–Trinajstić information content (AvgIpc) is 3.05. The van der Waals surface area contributed by atoms with Crippen molar-refractivity contribution in [3.63, 3.8) is 0 Å². The summed E-state index contributed by atoms with van der Waals surface area (Å²) in [6, 6.07) is 0.0699. The zero-order valence-corrected chi connectivity index (χ0v) is 11.9. The molecule has 1 aromatic heterocycles. The van der Waals surface area contributed by atoms with Crippen LogP contribution in [0.3, 0.4) is 0 Å². The highest BCUT2D eigenvalue weighted by atomic mass is 16.5. The standard InChI is InChI=1S/C13H20N4O4/c1-20-5-4-17-11(14)10(12(18)16-13(17)19)15-8-6-7-2-3-9(8)21-7/h7-9,15H,2-6,14H2,1H3,(H,16,18,19). The molecule has 2 saturated heterocycles. The van der Waals surface area contributed by atoms with E-state index in [1.165, 1.54) is 4.57 Å². The first kappa shape index (κ1) is 14.2. The molecule has 21 heavy (non-hydrogen) atoms. The van der Waals surface area contributed by atoms with Crippen molar-refractivity contribution >= 4 is 11.5 Å². The minimum Gasteiger partial charge on any atom is -0.383 e. The number of methoxy groups -OCH3 is 1. The lowest BCUT2D eigenvalue weighted by atomic mass is 9.95. The van der Waals surface area contributed by atoms with Crippen molar-refractivity contribution in [3.05, 3.63) is 20.8 Å². The zero-order chi connectivity index (χ0) is 15.0. The van der Waals surface area contributed by atoms with Gasteiger partial charge in [-0.15, -0.1) is 0 Å².